The van der Waals surface area contributed by atoms with E-state index in [9.17, 15) is 13.2 Å². The van der Waals surface area contributed by atoms with Gasteiger partial charge in [-0.25, -0.2) is 8.42 Å². The first-order valence-electron chi connectivity index (χ1n) is 5.74. The summed E-state index contributed by atoms with van der Waals surface area (Å²) in [6.45, 7) is 1.56. The Hall–Kier alpha value is -1.56. The minimum Gasteiger partial charge on any atom is -0.481 e. The van der Waals surface area contributed by atoms with E-state index in [-0.39, 0.29) is 5.75 Å². The molecule has 2 N–H and O–H groups in total. The smallest absolute Gasteiger partial charge is 0.314 e. The van der Waals surface area contributed by atoms with E-state index in [4.69, 9.17) is 5.11 Å². The Morgan fingerprint density at radius 1 is 1.33 bits per heavy atom. The third-order valence-electron chi connectivity index (χ3n) is 3.25. The summed E-state index contributed by atoms with van der Waals surface area (Å²) < 4.78 is 25.2. The molecule has 0 unspecified atom stereocenters. The van der Waals surface area contributed by atoms with Crippen LogP contribution in [0.4, 0.5) is 5.69 Å². The van der Waals surface area contributed by atoms with Crippen molar-refractivity contribution in [2.75, 3.05) is 10.5 Å². The first-order chi connectivity index (χ1) is 8.39. The minimum atomic E-state index is -3.29. The van der Waals surface area contributed by atoms with Gasteiger partial charge in [-0.15, -0.1) is 0 Å². The van der Waals surface area contributed by atoms with E-state index >= 15 is 0 Å². The van der Waals surface area contributed by atoms with Crippen LogP contribution in [-0.2, 0) is 20.2 Å². The van der Waals surface area contributed by atoms with Crippen LogP contribution in [0.1, 0.15) is 25.3 Å². The number of rotatable bonds is 5. The lowest BCUT2D eigenvalue weighted by Crippen LogP contribution is -2.19. The lowest BCUT2D eigenvalue weighted by Gasteiger charge is -2.11. The van der Waals surface area contributed by atoms with Gasteiger partial charge >= 0.3 is 5.97 Å². The van der Waals surface area contributed by atoms with Crippen LogP contribution >= 0.6 is 0 Å². The Labute approximate surface area is 106 Å². The van der Waals surface area contributed by atoms with E-state index in [1.807, 2.05) is 0 Å². The third kappa shape index (κ3) is 2.33. The molecule has 0 bridgehead atoms. The van der Waals surface area contributed by atoms with Crippen LogP contribution in [0.25, 0.3) is 0 Å². The molecule has 1 aromatic carbocycles. The van der Waals surface area contributed by atoms with E-state index in [1.165, 1.54) is 0 Å². The molecule has 0 saturated heterocycles. The quantitative estimate of drug-likeness (QED) is 0.849. The number of anilines is 1. The highest BCUT2D eigenvalue weighted by atomic mass is 32.2. The van der Waals surface area contributed by atoms with Crippen LogP contribution in [0, 0.1) is 0 Å². The summed E-state index contributed by atoms with van der Waals surface area (Å²) in [5.41, 5.74) is 0.443. The Kier molecular flexibility index (Phi) is 3.06. The highest BCUT2D eigenvalue weighted by Gasteiger charge is 2.51. The van der Waals surface area contributed by atoms with Crippen LogP contribution < -0.4 is 4.72 Å². The number of carboxylic acid groups (broad SMARTS) is 1. The summed E-state index contributed by atoms with van der Waals surface area (Å²) in [5.74, 6) is -0.808. The van der Waals surface area contributed by atoms with E-state index in [0.29, 0.717) is 18.5 Å². The molecule has 1 aromatic rings. The van der Waals surface area contributed by atoms with Crippen molar-refractivity contribution in [2.24, 2.45) is 0 Å². The fraction of sp³-hybridized carbons (Fsp3) is 0.417. The Bertz CT molecular complexity index is 558. The molecule has 1 saturated carbocycles. The highest BCUT2D eigenvalue weighted by molar-refractivity contribution is 7.92. The topological polar surface area (TPSA) is 83.5 Å². The van der Waals surface area contributed by atoms with Crippen molar-refractivity contribution in [2.45, 2.75) is 25.2 Å². The van der Waals surface area contributed by atoms with Gasteiger partial charge in [0.1, 0.15) is 0 Å². The van der Waals surface area contributed by atoms with Gasteiger partial charge in [0.2, 0.25) is 10.0 Å². The van der Waals surface area contributed by atoms with Crippen LogP contribution in [-0.4, -0.2) is 25.2 Å². The molecule has 1 fully saturated rings. The van der Waals surface area contributed by atoms with Crippen molar-refractivity contribution in [3.63, 3.8) is 0 Å². The molecule has 2 rings (SSSR count). The first-order valence-corrected chi connectivity index (χ1v) is 7.39. The van der Waals surface area contributed by atoms with Gasteiger partial charge in [0.25, 0.3) is 0 Å². The monoisotopic (exact) mass is 269 g/mol. The molecule has 0 radical (unpaired) electrons. The summed E-state index contributed by atoms with van der Waals surface area (Å²) in [4.78, 5) is 11.1. The van der Waals surface area contributed by atoms with Crippen LogP contribution in [0.5, 0.6) is 0 Å². The zero-order valence-electron chi connectivity index (χ0n) is 10.0. The second kappa shape index (κ2) is 4.28. The fourth-order valence-electron chi connectivity index (χ4n) is 1.86. The molecule has 1 aliphatic rings. The second-order valence-corrected chi connectivity index (χ2v) is 6.48. The van der Waals surface area contributed by atoms with Gasteiger partial charge in [-0.1, -0.05) is 12.1 Å². The van der Waals surface area contributed by atoms with Crippen molar-refractivity contribution in [1.82, 2.24) is 0 Å². The summed E-state index contributed by atoms with van der Waals surface area (Å²) in [6.07, 6.45) is 1.28. The van der Waals surface area contributed by atoms with Crippen molar-refractivity contribution < 1.29 is 18.3 Å². The molecular weight excluding hydrogens is 254 g/mol. The van der Waals surface area contributed by atoms with Crippen LogP contribution in [0.15, 0.2) is 24.3 Å². The van der Waals surface area contributed by atoms with Gasteiger partial charge in [-0.05, 0) is 37.5 Å². The number of aliphatic carboxylic acids is 1. The average Bonchev–Trinajstić information content (AvgIpc) is 3.11. The Morgan fingerprint density at radius 2 is 1.89 bits per heavy atom. The molecule has 18 heavy (non-hydrogen) atoms. The molecule has 0 amide bonds. The summed E-state index contributed by atoms with van der Waals surface area (Å²) in [7, 11) is -3.29. The Morgan fingerprint density at radius 3 is 2.28 bits per heavy atom. The number of nitrogens with one attached hydrogen (secondary N) is 1. The van der Waals surface area contributed by atoms with E-state index < -0.39 is 21.4 Å². The van der Waals surface area contributed by atoms with Crippen LogP contribution in [0.3, 0.4) is 0 Å². The Balaban J connectivity index is 2.19. The predicted octanol–water partition coefficient (Wildman–Crippen LogP) is 1.56. The molecule has 0 heterocycles. The largest absolute Gasteiger partial charge is 0.481 e. The lowest BCUT2D eigenvalue weighted by molar-refractivity contribution is -0.140. The normalized spacial score (nSPS) is 17.2. The van der Waals surface area contributed by atoms with Crippen molar-refractivity contribution in [1.29, 1.82) is 0 Å². The standard InChI is InChI=1S/C12H15NO4S/c1-2-18(16,17)13-10-5-3-9(4-6-10)12(7-8-12)11(14)15/h3-6,13H,2,7-8H2,1H3,(H,14,15). The number of hydrogen-bond acceptors (Lipinski definition) is 3. The minimum absolute atomic E-state index is 0.00775. The van der Waals surface area contributed by atoms with Crippen molar-refractivity contribution in [3.8, 4) is 0 Å². The third-order valence-corrected chi connectivity index (χ3v) is 4.56. The molecule has 6 heteroatoms. The van der Waals surface area contributed by atoms with E-state index in [1.54, 1.807) is 31.2 Å². The van der Waals surface area contributed by atoms with Crippen molar-refractivity contribution >= 4 is 21.7 Å². The molecule has 98 valence electrons. The first kappa shape index (κ1) is 12.9. The molecule has 0 aromatic heterocycles. The van der Waals surface area contributed by atoms with Gasteiger partial charge in [0, 0.05) is 5.69 Å². The predicted molar refractivity (Wildman–Crippen MR) is 68.1 cm³/mol. The lowest BCUT2D eigenvalue weighted by atomic mass is 9.96. The zero-order valence-corrected chi connectivity index (χ0v) is 10.8. The van der Waals surface area contributed by atoms with Crippen molar-refractivity contribution in [3.05, 3.63) is 29.8 Å². The average molecular weight is 269 g/mol. The maximum atomic E-state index is 11.4. The number of carbonyl (C=O) groups is 1. The van der Waals surface area contributed by atoms with Gasteiger partial charge in [0.15, 0.2) is 0 Å². The molecular formula is C12H15NO4S. The number of carboxylic acids is 1. The number of benzene rings is 1. The molecule has 0 aliphatic heterocycles. The molecule has 0 spiro atoms. The van der Waals surface area contributed by atoms with E-state index in [2.05, 4.69) is 4.72 Å². The highest BCUT2D eigenvalue weighted by Crippen LogP contribution is 2.48. The fourth-order valence-corrected chi connectivity index (χ4v) is 2.50. The summed E-state index contributed by atoms with van der Waals surface area (Å²) >= 11 is 0. The number of sulfonamides is 1. The van der Waals surface area contributed by atoms with Gasteiger partial charge in [-0.3, -0.25) is 9.52 Å². The van der Waals surface area contributed by atoms with Gasteiger partial charge < -0.3 is 5.11 Å². The summed E-state index contributed by atoms with van der Waals surface area (Å²) in [6, 6.07) is 6.56. The molecule has 5 nitrogen and oxygen atoms in total. The van der Waals surface area contributed by atoms with E-state index in [0.717, 1.165) is 5.56 Å². The number of hydrogen-bond donors (Lipinski definition) is 2. The SMILES string of the molecule is CCS(=O)(=O)Nc1ccc(C2(C(=O)O)CC2)cc1. The summed E-state index contributed by atoms with van der Waals surface area (Å²) in [5, 5.41) is 9.14. The van der Waals surface area contributed by atoms with Gasteiger partial charge in [0.05, 0.1) is 11.2 Å². The second-order valence-electron chi connectivity index (χ2n) is 4.47. The molecule has 0 atom stereocenters. The van der Waals surface area contributed by atoms with Crippen LogP contribution in [0.2, 0.25) is 0 Å². The maximum Gasteiger partial charge on any atom is 0.314 e. The maximum absolute atomic E-state index is 11.4. The van der Waals surface area contributed by atoms with Gasteiger partial charge in [-0.2, -0.15) is 0 Å². The zero-order chi connectivity index (χ0) is 13.4. The molecule has 1 aliphatic carbocycles.